The highest BCUT2D eigenvalue weighted by Crippen LogP contribution is 2.39. The van der Waals surface area contributed by atoms with Crippen LogP contribution in [-0.4, -0.2) is 39.8 Å². The first-order chi connectivity index (χ1) is 17.9. The third-order valence-corrected chi connectivity index (χ3v) is 7.11. The molecule has 37 heavy (non-hydrogen) atoms. The van der Waals surface area contributed by atoms with Gasteiger partial charge in [0.1, 0.15) is 13.3 Å². The first-order valence-corrected chi connectivity index (χ1v) is 11.9. The maximum Gasteiger partial charge on any atom is 0.340 e. The third kappa shape index (κ3) is 3.69. The summed E-state index contributed by atoms with van der Waals surface area (Å²) in [7, 11) is 0. The topological polar surface area (TPSA) is 146 Å². The lowest BCUT2D eigenvalue weighted by molar-refractivity contribution is -0.157. The van der Waals surface area contributed by atoms with Gasteiger partial charge in [0.05, 0.1) is 42.2 Å². The molecule has 4 heterocycles. The van der Waals surface area contributed by atoms with E-state index in [1.165, 1.54) is 0 Å². The molecule has 4 aromatic rings. The van der Waals surface area contributed by atoms with Crippen molar-refractivity contribution in [2.24, 2.45) is 5.73 Å². The Labute approximate surface area is 210 Å². The number of fused-ring (bicyclic) bond motifs is 7. The van der Waals surface area contributed by atoms with Gasteiger partial charge in [-0.1, -0.05) is 18.2 Å². The molecule has 2 aliphatic rings. The molecule has 188 valence electrons. The SMILES string of the molecule is Cc1c2c(nc3ccc4ccc(COCNC(=O)CN)cc4c13)-c1cc3c(c(=O)n1C2)COC(=O)C3O. The molecule has 1 amide bonds. The van der Waals surface area contributed by atoms with E-state index in [-0.39, 0.29) is 36.9 Å². The number of cyclic esters (lactones) is 1. The predicted octanol–water partition coefficient (Wildman–Crippen LogP) is 1.53. The van der Waals surface area contributed by atoms with Crippen LogP contribution in [-0.2, 0) is 38.8 Å². The van der Waals surface area contributed by atoms with Crippen LogP contribution in [0.5, 0.6) is 0 Å². The summed E-state index contributed by atoms with van der Waals surface area (Å²) in [6, 6.07) is 11.7. The fraction of sp³-hybridized carbons (Fsp3) is 0.259. The molecule has 0 radical (unpaired) electrons. The summed E-state index contributed by atoms with van der Waals surface area (Å²) >= 11 is 0. The largest absolute Gasteiger partial charge is 0.458 e. The van der Waals surface area contributed by atoms with Crippen molar-refractivity contribution in [1.29, 1.82) is 0 Å². The molecule has 0 saturated carbocycles. The molecule has 0 spiro atoms. The van der Waals surface area contributed by atoms with Crippen molar-refractivity contribution in [3.63, 3.8) is 0 Å². The van der Waals surface area contributed by atoms with Crippen molar-refractivity contribution in [2.75, 3.05) is 13.3 Å². The van der Waals surface area contributed by atoms with E-state index in [0.717, 1.165) is 38.4 Å². The minimum atomic E-state index is -1.49. The Morgan fingerprint density at radius 2 is 2.05 bits per heavy atom. The molecule has 1 unspecified atom stereocenters. The summed E-state index contributed by atoms with van der Waals surface area (Å²) in [6.07, 6.45) is -1.49. The Morgan fingerprint density at radius 3 is 2.86 bits per heavy atom. The van der Waals surface area contributed by atoms with Gasteiger partial charge in [-0.25, -0.2) is 9.78 Å². The van der Waals surface area contributed by atoms with Gasteiger partial charge in [0.25, 0.3) is 5.56 Å². The highest BCUT2D eigenvalue weighted by Gasteiger charge is 2.34. The van der Waals surface area contributed by atoms with Crippen molar-refractivity contribution in [3.05, 3.63) is 74.6 Å². The molecule has 0 fully saturated rings. The average Bonchev–Trinajstić information content (AvgIpc) is 3.28. The third-order valence-electron chi connectivity index (χ3n) is 7.11. The Kier molecular flexibility index (Phi) is 5.52. The summed E-state index contributed by atoms with van der Waals surface area (Å²) in [4.78, 5) is 41.4. The maximum atomic E-state index is 13.3. The molecule has 2 aromatic heterocycles. The van der Waals surface area contributed by atoms with Crippen LogP contribution < -0.4 is 16.6 Å². The number of benzene rings is 2. The molecule has 0 aliphatic carbocycles. The lowest BCUT2D eigenvalue weighted by atomic mass is 9.95. The summed E-state index contributed by atoms with van der Waals surface area (Å²) in [5.41, 5.74) is 10.5. The number of aliphatic hydroxyl groups is 1. The number of hydrogen-bond donors (Lipinski definition) is 3. The fourth-order valence-corrected chi connectivity index (χ4v) is 5.18. The predicted molar refractivity (Wildman–Crippen MR) is 134 cm³/mol. The Balaban J connectivity index is 1.43. The lowest BCUT2D eigenvalue weighted by Crippen LogP contribution is -2.32. The smallest absolute Gasteiger partial charge is 0.340 e. The average molecular weight is 501 g/mol. The van der Waals surface area contributed by atoms with Crippen LogP contribution in [0.25, 0.3) is 33.1 Å². The molecule has 10 heteroatoms. The van der Waals surface area contributed by atoms with Crippen LogP contribution in [0.1, 0.15) is 33.9 Å². The highest BCUT2D eigenvalue weighted by molar-refractivity contribution is 6.09. The van der Waals surface area contributed by atoms with Gasteiger partial charge in [-0.15, -0.1) is 0 Å². The van der Waals surface area contributed by atoms with E-state index in [0.29, 0.717) is 30.1 Å². The van der Waals surface area contributed by atoms with Gasteiger partial charge < -0.3 is 30.2 Å². The van der Waals surface area contributed by atoms with Gasteiger partial charge in [-0.2, -0.15) is 0 Å². The molecule has 2 aliphatic heterocycles. The standard InChI is InChI=1S/C27H24N4O6/c1-13-18-9-31-21(7-17-19(26(31)34)11-37-27(35)25(17)33)24(18)30-20-5-4-15-3-2-14(6-16(15)23(13)20)10-36-12-29-22(32)8-28/h2-7,25,33H,8-12,28H2,1H3,(H,29,32). The molecule has 6 rings (SSSR count). The molecule has 2 aromatic carbocycles. The molecule has 0 bridgehead atoms. The van der Waals surface area contributed by atoms with Gasteiger partial charge >= 0.3 is 5.97 Å². The summed E-state index contributed by atoms with van der Waals surface area (Å²) < 4.78 is 12.2. The van der Waals surface area contributed by atoms with E-state index in [4.69, 9.17) is 20.2 Å². The number of nitrogens with one attached hydrogen (secondary N) is 1. The number of esters is 1. The van der Waals surface area contributed by atoms with Crippen LogP contribution in [0, 0.1) is 6.92 Å². The number of aryl methyl sites for hydroxylation is 1. The number of ether oxygens (including phenoxy) is 2. The number of carbonyl (C=O) groups excluding carboxylic acids is 2. The van der Waals surface area contributed by atoms with Crippen LogP contribution in [0.4, 0.5) is 0 Å². The zero-order chi connectivity index (χ0) is 25.8. The number of amides is 1. The highest BCUT2D eigenvalue weighted by atomic mass is 16.5. The zero-order valence-electron chi connectivity index (χ0n) is 20.0. The number of carbonyl (C=O) groups is 2. The normalized spacial score (nSPS) is 15.9. The quantitative estimate of drug-likeness (QED) is 0.143. The second-order valence-corrected chi connectivity index (χ2v) is 9.24. The number of aromatic nitrogens is 2. The van der Waals surface area contributed by atoms with Gasteiger partial charge in [0, 0.05) is 16.5 Å². The zero-order valence-corrected chi connectivity index (χ0v) is 20.0. The van der Waals surface area contributed by atoms with E-state index in [9.17, 15) is 19.5 Å². The number of hydrogen-bond acceptors (Lipinski definition) is 8. The number of rotatable bonds is 5. The van der Waals surface area contributed by atoms with Crippen LogP contribution in [0.15, 0.2) is 41.2 Å². The van der Waals surface area contributed by atoms with E-state index in [2.05, 4.69) is 11.4 Å². The number of nitrogens with zero attached hydrogens (tertiary/aromatic N) is 2. The lowest BCUT2D eigenvalue weighted by Gasteiger charge is -2.21. The number of aliphatic hydroxyl groups excluding tert-OH is 1. The Bertz CT molecular complexity index is 1690. The van der Waals surface area contributed by atoms with Crippen LogP contribution in [0.3, 0.4) is 0 Å². The molecule has 1 atom stereocenters. The van der Waals surface area contributed by atoms with Crippen molar-refractivity contribution in [1.82, 2.24) is 14.9 Å². The molecule has 10 nitrogen and oxygen atoms in total. The Hall–Kier alpha value is -4.12. The maximum absolute atomic E-state index is 13.3. The van der Waals surface area contributed by atoms with Crippen molar-refractivity contribution < 1.29 is 24.2 Å². The summed E-state index contributed by atoms with van der Waals surface area (Å²) in [6.45, 7) is 2.50. The fourth-order valence-electron chi connectivity index (χ4n) is 5.18. The van der Waals surface area contributed by atoms with Crippen molar-refractivity contribution in [3.8, 4) is 11.4 Å². The van der Waals surface area contributed by atoms with E-state index < -0.39 is 12.1 Å². The van der Waals surface area contributed by atoms with Crippen molar-refractivity contribution in [2.45, 2.75) is 32.8 Å². The van der Waals surface area contributed by atoms with Crippen LogP contribution in [0.2, 0.25) is 0 Å². The van der Waals surface area contributed by atoms with E-state index in [1.54, 1.807) is 10.6 Å². The first kappa shape index (κ1) is 23.3. The second kappa shape index (κ2) is 8.77. The first-order valence-electron chi connectivity index (χ1n) is 11.9. The van der Waals surface area contributed by atoms with Gasteiger partial charge in [-0.05, 0) is 47.0 Å². The summed E-state index contributed by atoms with van der Waals surface area (Å²) in [5, 5.41) is 16.0. The van der Waals surface area contributed by atoms with Gasteiger partial charge in [0.2, 0.25) is 5.91 Å². The number of pyridine rings is 2. The van der Waals surface area contributed by atoms with E-state index in [1.807, 2.05) is 31.2 Å². The van der Waals surface area contributed by atoms with E-state index >= 15 is 0 Å². The monoisotopic (exact) mass is 500 g/mol. The molecule has 4 N–H and O–H groups in total. The minimum Gasteiger partial charge on any atom is -0.458 e. The molecular weight excluding hydrogens is 476 g/mol. The summed E-state index contributed by atoms with van der Waals surface area (Å²) in [5.74, 6) is -1.04. The van der Waals surface area contributed by atoms with Crippen molar-refractivity contribution >= 4 is 33.6 Å². The Morgan fingerprint density at radius 1 is 1.24 bits per heavy atom. The second-order valence-electron chi connectivity index (χ2n) is 9.24. The molecular formula is C27H24N4O6. The van der Waals surface area contributed by atoms with Crippen LogP contribution >= 0.6 is 0 Å². The van der Waals surface area contributed by atoms with Gasteiger partial charge in [0.15, 0.2) is 6.10 Å². The number of nitrogens with two attached hydrogens (primary N) is 1. The molecule has 0 saturated heterocycles. The minimum absolute atomic E-state index is 0.0695. The van der Waals surface area contributed by atoms with Gasteiger partial charge in [-0.3, -0.25) is 9.59 Å².